The SMILES string of the molecule is O=C(CNc1ccc(Cl)c(C(F)(F)F)c1)Nc1cccc(F)c1. The Morgan fingerprint density at radius 1 is 1.09 bits per heavy atom. The minimum atomic E-state index is -4.58. The first-order valence-electron chi connectivity index (χ1n) is 6.42. The molecule has 0 spiro atoms. The van der Waals surface area contributed by atoms with Crippen molar-refractivity contribution in [2.24, 2.45) is 0 Å². The number of alkyl halides is 3. The minimum Gasteiger partial charge on any atom is -0.376 e. The Labute approximate surface area is 134 Å². The Morgan fingerprint density at radius 3 is 2.48 bits per heavy atom. The molecule has 0 heterocycles. The van der Waals surface area contributed by atoms with Crippen LogP contribution in [0.3, 0.4) is 0 Å². The average molecular weight is 347 g/mol. The number of halogens is 5. The highest BCUT2D eigenvalue weighted by atomic mass is 35.5. The van der Waals surface area contributed by atoms with Crippen LogP contribution in [-0.2, 0) is 11.0 Å². The van der Waals surface area contributed by atoms with E-state index in [4.69, 9.17) is 11.6 Å². The quantitative estimate of drug-likeness (QED) is 0.797. The molecule has 0 bridgehead atoms. The van der Waals surface area contributed by atoms with Crippen LogP contribution in [0, 0.1) is 5.82 Å². The number of nitrogens with one attached hydrogen (secondary N) is 2. The largest absolute Gasteiger partial charge is 0.417 e. The highest BCUT2D eigenvalue weighted by molar-refractivity contribution is 6.31. The molecule has 23 heavy (non-hydrogen) atoms. The molecule has 0 fully saturated rings. The molecule has 122 valence electrons. The predicted molar refractivity (Wildman–Crippen MR) is 80.0 cm³/mol. The molecule has 2 rings (SSSR count). The van der Waals surface area contributed by atoms with Gasteiger partial charge in [-0.2, -0.15) is 13.2 Å². The van der Waals surface area contributed by atoms with Gasteiger partial charge in [-0.1, -0.05) is 17.7 Å². The highest BCUT2D eigenvalue weighted by Crippen LogP contribution is 2.36. The first kappa shape index (κ1) is 17.1. The molecule has 0 aliphatic rings. The summed E-state index contributed by atoms with van der Waals surface area (Å²) in [5.74, 6) is -1.04. The van der Waals surface area contributed by atoms with E-state index in [0.717, 1.165) is 18.2 Å². The Balaban J connectivity index is 1.99. The molecule has 2 aromatic carbocycles. The molecule has 0 aliphatic heterocycles. The van der Waals surface area contributed by atoms with Crippen molar-refractivity contribution in [3.8, 4) is 0 Å². The molecule has 3 nitrogen and oxygen atoms in total. The van der Waals surface area contributed by atoms with Crippen molar-refractivity contribution in [3.05, 3.63) is 58.9 Å². The van der Waals surface area contributed by atoms with Gasteiger partial charge in [0.2, 0.25) is 5.91 Å². The number of hydrogen-bond donors (Lipinski definition) is 2. The third-order valence-electron chi connectivity index (χ3n) is 2.83. The fourth-order valence-electron chi connectivity index (χ4n) is 1.81. The van der Waals surface area contributed by atoms with Crippen molar-refractivity contribution in [1.29, 1.82) is 0 Å². The van der Waals surface area contributed by atoms with Gasteiger partial charge in [-0.25, -0.2) is 4.39 Å². The monoisotopic (exact) mass is 346 g/mol. The molecule has 0 saturated heterocycles. The van der Waals surface area contributed by atoms with E-state index >= 15 is 0 Å². The molecule has 2 N–H and O–H groups in total. The van der Waals surface area contributed by atoms with Crippen molar-refractivity contribution < 1.29 is 22.4 Å². The van der Waals surface area contributed by atoms with Gasteiger partial charge in [-0.15, -0.1) is 0 Å². The molecule has 0 radical (unpaired) electrons. The molecular formula is C15H11ClF4N2O. The van der Waals surface area contributed by atoms with E-state index in [1.54, 1.807) is 0 Å². The van der Waals surface area contributed by atoms with Crippen molar-refractivity contribution in [2.45, 2.75) is 6.18 Å². The first-order valence-corrected chi connectivity index (χ1v) is 6.79. The summed E-state index contributed by atoms with van der Waals surface area (Å²) in [5, 5.41) is 4.55. The lowest BCUT2D eigenvalue weighted by Crippen LogP contribution is -2.22. The number of anilines is 2. The zero-order valence-corrected chi connectivity index (χ0v) is 12.3. The lowest BCUT2D eigenvalue weighted by atomic mass is 10.2. The Kier molecular flexibility index (Phi) is 5.10. The second kappa shape index (κ2) is 6.87. The van der Waals surface area contributed by atoms with E-state index in [9.17, 15) is 22.4 Å². The van der Waals surface area contributed by atoms with Crippen LogP contribution in [0.5, 0.6) is 0 Å². The molecule has 0 unspecified atom stereocenters. The predicted octanol–water partition coefficient (Wildman–Crippen LogP) is 4.55. The molecule has 2 aromatic rings. The van der Waals surface area contributed by atoms with Crippen molar-refractivity contribution in [2.75, 3.05) is 17.2 Å². The van der Waals surface area contributed by atoms with Gasteiger partial charge in [-0.3, -0.25) is 4.79 Å². The Morgan fingerprint density at radius 2 is 1.83 bits per heavy atom. The van der Waals surface area contributed by atoms with E-state index < -0.39 is 28.5 Å². The molecule has 0 saturated carbocycles. The lowest BCUT2D eigenvalue weighted by molar-refractivity contribution is -0.137. The maximum Gasteiger partial charge on any atom is 0.417 e. The number of hydrogen-bond acceptors (Lipinski definition) is 2. The molecule has 8 heteroatoms. The van der Waals surface area contributed by atoms with Gasteiger partial charge >= 0.3 is 6.18 Å². The third kappa shape index (κ3) is 4.85. The second-order valence-corrected chi connectivity index (χ2v) is 5.01. The fourth-order valence-corrected chi connectivity index (χ4v) is 2.03. The molecular weight excluding hydrogens is 336 g/mol. The summed E-state index contributed by atoms with van der Waals surface area (Å²) in [6.45, 7) is -0.282. The van der Waals surface area contributed by atoms with Crippen molar-refractivity contribution in [3.63, 3.8) is 0 Å². The Hall–Kier alpha value is -2.28. The van der Waals surface area contributed by atoms with Gasteiger partial charge in [-0.05, 0) is 36.4 Å². The maximum atomic E-state index is 13.0. The van der Waals surface area contributed by atoms with Crippen molar-refractivity contribution >= 4 is 28.9 Å². The van der Waals surface area contributed by atoms with Crippen LogP contribution in [0.25, 0.3) is 0 Å². The van der Waals surface area contributed by atoms with E-state index in [1.165, 1.54) is 24.3 Å². The summed E-state index contributed by atoms with van der Waals surface area (Å²) in [6, 6.07) is 8.50. The number of benzene rings is 2. The normalized spacial score (nSPS) is 11.2. The number of carbonyl (C=O) groups is 1. The van der Waals surface area contributed by atoms with E-state index in [-0.39, 0.29) is 17.9 Å². The van der Waals surface area contributed by atoms with Gasteiger partial charge in [0.25, 0.3) is 0 Å². The average Bonchev–Trinajstić information content (AvgIpc) is 2.45. The van der Waals surface area contributed by atoms with Gasteiger partial charge in [0.05, 0.1) is 17.1 Å². The third-order valence-corrected chi connectivity index (χ3v) is 3.16. The van der Waals surface area contributed by atoms with Crippen LogP contribution in [-0.4, -0.2) is 12.5 Å². The van der Waals surface area contributed by atoms with Crippen LogP contribution < -0.4 is 10.6 Å². The van der Waals surface area contributed by atoms with Gasteiger partial charge in [0, 0.05) is 11.4 Å². The maximum absolute atomic E-state index is 13.0. The number of amides is 1. The minimum absolute atomic E-state index is 0.0936. The van der Waals surface area contributed by atoms with Crippen LogP contribution in [0.15, 0.2) is 42.5 Å². The van der Waals surface area contributed by atoms with E-state index in [0.29, 0.717) is 0 Å². The van der Waals surface area contributed by atoms with Crippen LogP contribution in [0.2, 0.25) is 5.02 Å². The smallest absolute Gasteiger partial charge is 0.376 e. The number of carbonyl (C=O) groups excluding carboxylic acids is 1. The first-order chi connectivity index (χ1) is 10.8. The molecule has 0 aliphatic carbocycles. The Bertz CT molecular complexity index is 719. The molecule has 0 aromatic heterocycles. The summed E-state index contributed by atoms with van der Waals surface area (Å²) in [7, 11) is 0. The zero-order valence-electron chi connectivity index (χ0n) is 11.5. The van der Waals surface area contributed by atoms with Crippen LogP contribution in [0.4, 0.5) is 28.9 Å². The standard InChI is InChI=1S/C15H11ClF4N2O/c16-13-5-4-10(7-12(13)15(18,19)20)21-8-14(23)22-11-3-1-2-9(17)6-11/h1-7,21H,8H2,(H,22,23). The molecule has 0 atom stereocenters. The summed E-state index contributed by atoms with van der Waals surface area (Å²) in [6.07, 6.45) is -4.58. The topological polar surface area (TPSA) is 41.1 Å². The summed E-state index contributed by atoms with van der Waals surface area (Å²) >= 11 is 5.50. The van der Waals surface area contributed by atoms with E-state index in [2.05, 4.69) is 10.6 Å². The lowest BCUT2D eigenvalue weighted by Gasteiger charge is -2.12. The van der Waals surface area contributed by atoms with Gasteiger partial charge < -0.3 is 10.6 Å². The van der Waals surface area contributed by atoms with Gasteiger partial charge in [0.15, 0.2) is 0 Å². The fraction of sp³-hybridized carbons (Fsp3) is 0.133. The number of rotatable bonds is 4. The van der Waals surface area contributed by atoms with Crippen molar-refractivity contribution in [1.82, 2.24) is 0 Å². The summed E-state index contributed by atoms with van der Waals surface area (Å²) in [5.41, 5.74) is -0.644. The summed E-state index contributed by atoms with van der Waals surface area (Å²) in [4.78, 5) is 11.7. The van der Waals surface area contributed by atoms with Crippen LogP contribution in [0.1, 0.15) is 5.56 Å². The van der Waals surface area contributed by atoms with Crippen LogP contribution >= 0.6 is 11.6 Å². The highest BCUT2D eigenvalue weighted by Gasteiger charge is 2.33. The summed E-state index contributed by atoms with van der Waals surface area (Å²) < 4.78 is 51.2. The van der Waals surface area contributed by atoms with Gasteiger partial charge in [0.1, 0.15) is 5.82 Å². The van der Waals surface area contributed by atoms with E-state index in [1.807, 2.05) is 0 Å². The zero-order chi connectivity index (χ0) is 17.0. The molecule has 1 amide bonds. The second-order valence-electron chi connectivity index (χ2n) is 4.60.